The molecule has 12 nitrogen and oxygen atoms in total. The highest BCUT2D eigenvalue weighted by atomic mass is 79.9. The second-order valence-corrected chi connectivity index (χ2v) is 11.5. The number of hydrogen-bond donors (Lipinski definition) is 3. The van der Waals surface area contributed by atoms with Crippen molar-refractivity contribution in [1.82, 2.24) is 10.6 Å². The number of rotatable bonds is 8. The van der Waals surface area contributed by atoms with Crippen molar-refractivity contribution in [2.75, 3.05) is 5.32 Å². The van der Waals surface area contributed by atoms with Gasteiger partial charge in [-0.3, -0.25) is 14.4 Å². The summed E-state index contributed by atoms with van der Waals surface area (Å²) in [4.78, 5) is 35.3. The first-order valence-electron chi connectivity index (χ1n) is 12.2. The lowest BCUT2D eigenvalue weighted by molar-refractivity contribution is -0.122. The molecule has 2 aliphatic heterocycles. The van der Waals surface area contributed by atoms with Crippen LogP contribution in [0.25, 0.3) is 0 Å². The molecule has 2 saturated heterocycles. The van der Waals surface area contributed by atoms with Crippen LogP contribution in [0.3, 0.4) is 0 Å². The molecule has 0 aliphatic carbocycles. The Morgan fingerprint density at radius 1 is 0.902 bits per heavy atom. The number of anilines is 1. The zero-order valence-corrected chi connectivity index (χ0v) is 24.7. The standard InChI is InChI=1S/C16H13BrN4O3S.C10H11N3O2S/c17-10-3-5-11(6-4-10)19-14(22)8-13-15(23)20-16(25-13)21-18-9-12-2-1-7-24-12;1-2-8-9(14)12-10(16-8)13-11-6-7-4-3-5-15-7/h1-7,9,13H,8H2,(H,19,22)(H,20,21,23);3-6,8H,2H2,1H3,(H,12,13,14)/b18-9-;11-6-. The Morgan fingerprint density at radius 2 is 1.44 bits per heavy atom. The van der Waals surface area contributed by atoms with E-state index in [2.05, 4.69) is 52.3 Å². The summed E-state index contributed by atoms with van der Waals surface area (Å²) in [6.45, 7) is 1.96. The SMILES string of the molecule is CCC1S/C(=N/N=C\c2ccco2)NC1=O.O=C(CC1S/C(=N/N=C\c2ccco2)NC1=O)Nc1ccc(Br)cc1. The number of carbonyl (C=O) groups is 3. The van der Waals surface area contributed by atoms with E-state index >= 15 is 0 Å². The molecule has 0 spiro atoms. The smallest absolute Gasteiger partial charge is 0.240 e. The van der Waals surface area contributed by atoms with Crippen molar-refractivity contribution >= 4 is 85.6 Å². The molecule has 0 radical (unpaired) electrons. The summed E-state index contributed by atoms with van der Waals surface area (Å²) < 4.78 is 11.1. The van der Waals surface area contributed by atoms with Crippen molar-refractivity contribution in [1.29, 1.82) is 0 Å². The maximum Gasteiger partial charge on any atom is 0.240 e. The minimum absolute atomic E-state index is 0.000511. The molecule has 41 heavy (non-hydrogen) atoms. The monoisotopic (exact) mass is 657 g/mol. The summed E-state index contributed by atoms with van der Waals surface area (Å²) in [7, 11) is 0. The number of hydrogen-bond acceptors (Lipinski definition) is 11. The average molecular weight is 659 g/mol. The minimum Gasteiger partial charge on any atom is -0.463 e. The fraction of sp³-hybridized carbons (Fsp3) is 0.192. The zero-order valence-electron chi connectivity index (χ0n) is 21.5. The molecule has 212 valence electrons. The van der Waals surface area contributed by atoms with E-state index in [-0.39, 0.29) is 29.4 Å². The van der Waals surface area contributed by atoms with Gasteiger partial charge in [0.25, 0.3) is 0 Å². The van der Waals surface area contributed by atoms with Gasteiger partial charge in [0, 0.05) is 16.6 Å². The maximum absolute atomic E-state index is 12.1. The third-order valence-corrected chi connectivity index (χ3v) is 8.02. The first-order valence-corrected chi connectivity index (χ1v) is 14.7. The molecule has 0 bridgehead atoms. The van der Waals surface area contributed by atoms with Crippen molar-refractivity contribution < 1.29 is 23.2 Å². The lowest BCUT2D eigenvalue weighted by atomic mass is 10.2. The first-order chi connectivity index (χ1) is 19.9. The van der Waals surface area contributed by atoms with E-state index in [0.29, 0.717) is 27.5 Å². The zero-order chi connectivity index (χ0) is 29.0. The lowest BCUT2D eigenvalue weighted by Gasteiger charge is -2.07. The van der Waals surface area contributed by atoms with Crippen molar-refractivity contribution in [2.45, 2.75) is 30.3 Å². The quantitative estimate of drug-likeness (QED) is 0.235. The van der Waals surface area contributed by atoms with Crippen LogP contribution in [0.4, 0.5) is 5.69 Å². The number of nitrogens with zero attached hydrogens (tertiary/aromatic N) is 4. The molecule has 5 rings (SSSR count). The topological polar surface area (TPSA) is 163 Å². The molecule has 2 fully saturated rings. The molecule has 3 aromatic rings. The van der Waals surface area contributed by atoms with Gasteiger partial charge in [0.2, 0.25) is 17.7 Å². The Balaban J connectivity index is 0.000000208. The molecular weight excluding hydrogens is 634 g/mol. The Bertz CT molecular complexity index is 1460. The van der Waals surface area contributed by atoms with Gasteiger partial charge in [-0.05, 0) is 55.0 Å². The molecule has 3 N–H and O–H groups in total. The van der Waals surface area contributed by atoms with E-state index in [1.54, 1.807) is 42.7 Å². The molecule has 4 heterocycles. The van der Waals surface area contributed by atoms with Gasteiger partial charge in [-0.1, -0.05) is 46.4 Å². The second kappa shape index (κ2) is 15.2. The van der Waals surface area contributed by atoms with Crippen LogP contribution in [0.5, 0.6) is 0 Å². The van der Waals surface area contributed by atoms with Crippen LogP contribution < -0.4 is 16.0 Å². The number of benzene rings is 1. The van der Waals surface area contributed by atoms with E-state index in [4.69, 9.17) is 8.83 Å². The van der Waals surface area contributed by atoms with Gasteiger partial charge in [-0.25, -0.2) is 0 Å². The third kappa shape index (κ3) is 9.58. The van der Waals surface area contributed by atoms with Crippen LogP contribution in [0.2, 0.25) is 0 Å². The van der Waals surface area contributed by atoms with Crippen LogP contribution in [0, 0.1) is 0 Å². The normalized spacial score (nSPS) is 20.4. The van der Waals surface area contributed by atoms with Gasteiger partial charge in [0.15, 0.2) is 10.3 Å². The summed E-state index contributed by atoms with van der Waals surface area (Å²) in [5.41, 5.74) is 0.675. The number of amidine groups is 2. The summed E-state index contributed by atoms with van der Waals surface area (Å²) >= 11 is 5.91. The van der Waals surface area contributed by atoms with Gasteiger partial charge in [-0.2, -0.15) is 10.2 Å². The van der Waals surface area contributed by atoms with E-state index < -0.39 is 5.25 Å². The van der Waals surface area contributed by atoms with Crippen molar-refractivity contribution in [2.24, 2.45) is 20.4 Å². The Labute approximate surface area is 251 Å². The van der Waals surface area contributed by atoms with Gasteiger partial charge >= 0.3 is 0 Å². The highest BCUT2D eigenvalue weighted by Gasteiger charge is 2.32. The third-order valence-electron chi connectivity index (χ3n) is 5.18. The predicted octanol–water partition coefficient (Wildman–Crippen LogP) is 4.60. The average Bonchev–Trinajstić information content (AvgIpc) is 3.76. The first kappa shape index (κ1) is 30.0. The van der Waals surface area contributed by atoms with Gasteiger partial charge < -0.3 is 24.8 Å². The number of furan rings is 2. The minimum atomic E-state index is -0.534. The fourth-order valence-corrected chi connectivity index (χ4v) is 5.27. The van der Waals surface area contributed by atoms with E-state index in [1.807, 2.05) is 19.1 Å². The predicted molar refractivity (Wildman–Crippen MR) is 164 cm³/mol. The molecular formula is C26H24BrN7O5S2. The number of nitrogens with one attached hydrogen (secondary N) is 3. The molecule has 2 atom stereocenters. The van der Waals surface area contributed by atoms with Crippen LogP contribution in [0.1, 0.15) is 31.3 Å². The Morgan fingerprint density at radius 3 is 1.93 bits per heavy atom. The van der Waals surface area contributed by atoms with E-state index in [0.717, 1.165) is 10.9 Å². The summed E-state index contributed by atoms with van der Waals surface area (Å²) in [5, 5.41) is 23.9. The van der Waals surface area contributed by atoms with Gasteiger partial charge in [0.1, 0.15) is 16.8 Å². The van der Waals surface area contributed by atoms with Crippen molar-refractivity contribution in [3.05, 3.63) is 77.1 Å². The van der Waals surface area contributed by atoms with E-state index in [9.17, 15) is 14.4 Å². The van der Waals surface area contributed by atoms with Crippen LogP contribution in [-0.2, 0) is 14.4 Å². The number of carbonyl (C=O) groups excluding carboxylic acids is 3. The molecule has 0 saturated carbocycles. The number of thioether (sulfide) groups is 2. The second-order valence-electron chi connectivity index (χ2n) is 8.19. The summed E-state index contributed by atoms with van der Waals surface area (Å²) in [6, 6.07) is 14.2. The number of halogens is 1. The van der Waals surface area contributed by atoms with Gasteiger partial charge in [-0.15, -0.1) is 10.2 Å². The molecule has 2 aromatic heterocycles. The number of amides is 3. The summed E-state index contributed by atoms with van der Waals surface area (Å²) in [5.74, 6) is 0.687. The van der Waals surface area contributed by atoms with Crippen LogP contribution >= 0.6 is 39.5 Å². The van der Waals surface area contributed by atoms with Crippen LogP contribution in [-0.4, -0.2) is 51.0 Å². The molecule has 15 heteroatoms. The van der Waals surface area contributed by atoms with Gasteiger partial charge in [0.05, 0.1) is 30.2 Å². The lowest BCUT2D eigenvalue weighted by Crippen LogP contribution is -2.28. The van der Waals surface area contributed by atoms with E-state index in [1.165, 1.54) is 42.2 Å². The molecule has 2 aliphatic rings. The molecule has 3 amide bonds. The highest BCUT2D eigenvalue weighted by Crippen LogP contribution is 2.24. The Kier molecular flexibility index (Phi) is 11.1. The molecule has 2 unspecified atom stereocenters. The van der Waals surface area contributed by atoms with Crippen molar-refractivity contribution in [3.63, 3.8) is 0 Å². The highest BCUT2D eigenvalue weighted by molar-refractivity contribution is 9.10. The Hall–Kier alpha value is -3.95. The largest absolute Gasteiger partial charge is 0.463 e. The maximum atomic E-state index is 12.1. The van der Waals surface area contributed by atoms with Crippen molar-refractivity contribution in [3.8, 4) is 0 Å². The summed E-state index contributed by atoms with van der Waals surface area (Å²) in [6.07, 6.45) is 6.87. The van der Waals surface area contributed by atoms with Crippen LogP contribution in [0.15, 0.2) is 94.8 Å². The fourth-order valence-electron chi connectivity index (χ4n) is 3.23. The molecule has 1 aromatic carbocycles.